The van der Waals surface area contributed by atoms with Crippen LogP contribution in [0.3, 0.4) is 0 Å². The molecule has 2 unspecified atom stereocenters. The second-order valence-electron chi connectivity index (χ2n) is 7.72. The summed E-state index contributed by atoms with van der Waals surface area (Å²) >= 11 is 0. The van der Waals surface area contributed by atoms with Gasteiger partial charge in [0, 0.05) is 18.0 Å². The highest BCUT2D eigenvalue weighted by Crippen LogP contribution is 2.47. The van der Waals surface area contributed by atoms with Crippen LogP contribution < -0.4 is 0 Å². The molecule has 0 aromatic heterocycles. The Morgan fingerprint density at radius 1 is 0.920 bits per heavy atom. The third-order valence-electron chi connectivity index (χ3n) is 6.51. The number of rotatable bonds is 4. The van der Waals surface area contributed by atoms with Crippen molar-refractivity contribution in [3.05, 3.63) is 71.8 Å². The molecule has 2 aliphatic rings. The summed E-state index contributed by atoms with van der Waals surface area (Å²) in [6, 6.07) is 22.9. The molecule has 2 heteroatoms. The molecule has 0 N–H and O–H groups in total. The number of nitrogens with zero attached hydrogens (tertiary/aromatic N) is 2. The predicted molar refractivity (Wildman–Crippen MR) is 105 cm³/mol. The van der Waals surface area contributed by atoms with E-state index in [1.165, 1.54) is 36.2 Å². The van der Waals surface area contributed by atoms with Crippen LogP contribution in [0.1, 0.15) is 44.2 Å². The van der Waals surface area contributed by atoms with Crippen molar-refractivity contribution in [2.45, 2.75) is 44.6 Å². The molecule has 25 heavy (non-hydrogen) atoms. The average Bonchev–Trinajstić information content (AvgIpc) is 3.31. The third kappa shape index (κ3) is 2.88. The molecule has 0 saturated heterocycles. The van der Waals surface area contributed by atoms with Crippen LogP contribution in [-0.2, 0) is 5.41 Å². The molecule has 1 saturated carbocycles. The summed E-state index contributed by atoms with van der Waals surface area (Å²) < 4.78 is 0. The number of hydrogen-bond acceptors (Lipinski definition) is 2. The largest absolute Gasteiger partial charge is 0.356 e. The van der Waals surface area contributed by atoms with Crippen molar-refractivity contribution in [2.75, 3.05) is 13.1 Å². The van der Waals surface area contributed by atoms with E-state index in [2.05, 4.69) is 84.4 Å². The fourth-order valence-corrected chi connectivity index (χ4v) is 4.99. The number of aliphatic imine (C=N–C) groups is 1. The second-order valence-corrected chi connectivity index (χ2v) is 7.72. The fraction of sp³-hybridized carbons (Fsp3) is 0.435. The van der Waals surface area contributed by atoms with E-state index in [0.717, 1.165) is 13.1 Å². The van der Waals surface area contributed by atoms with Crippen LogP contribution in [0.2, 0.25) is 0 Å². The molecule has 1 aliphatic carbocycles. The first-order valence-corrected chi connectivity index (χ1v) is 9.58. The van der Waals surface area contributed by atoms with Crippen LogP contribution >= 0.6 is 0 Å². The monoisotopic (exact) mass is 332 g/mol. The zero-order valence-corrected chi connectivity index (χ0v) is 15.4. The van der Waals surface area contributed by atoms with E-state index in [1.807, 2.05) is 0 Å². The van der Waals surface area contributed by atoms with Crippen LogP contribution in [0.25, 0.3) is 0 Å². The first-order chi connectivity index (χ1) is 12.2. The average molecular weight is 332 g/mol. The zero-order valence-electron chi connectivity index (χ0n) is 15.4. The lowest BCUT2D eigenvalue weighted by atomic mass is 9.66. The van der Waals surface area contributed by atoms with Crippen molar-refractivity contribution < 1.29 is 0 Å². The van der Waals surface area contributed by atoms with E-state index in [1.54, 1.807) is 0 Å². The van der Waals surface area contributed by atoms with Gasteiger partial charge in [0.2, 0.25) is 0 Å². The van der Waals surface area contributed by atoms with Crippen molar-refractivity contribution >= 4 is 5.84 Å². The number of hydrogen-bond donors (Lipinski definition) is 0. The minimum Gasteiger partial charge on any atom is -0.356 e. The minimum absolute atomic E-state index is 0.0715. The highest BCUT2D eigenvalue weighted by Gasteiger charge is 2.43. The van der Waals surface area contributed by atoms with Crippen molar-refractivity contribution in [3.8, 4) is 0 Å². The Hall–Kier alpha value is -2.09. The Bertz CT molecular complexity index is 696. The number of amidine groups is 1. The Labute approximate surface area is 151 Å². The first kappa shape index (κ1) is 16.4. The molecular formula is C23H28N2. The van der Waals surface area contributed by atoms with E-state index in [0.29, 0.717) is 12.0 Å². The van der Waals surface area contributed by atoms with Gasteiger partial charge in [-0.2, -0.15) is 0 Å². The lowest BCUT2D eigenvalue weighted by molar-refractivity contribution is 0.298. The Morgan fingerprint density at radius 2 is 1.52 bits per heavy atom. The first-order valence-electron chi connectivity index (χ1n) is 9.58. The van der Waals surface area contributed by atoms with E-state index in [-0.39, 0.29) is 5.41 Å². The van der Waals surface area contributed by atoms with Gasteiger partial charge in [0.05, 0.1) is 12.4 Å². The van der Waals surface area contributed by atoms with Crippen molar-refractivity contribution in [1.82, 2.24) is 4.90 Å². The maximum atomic E-state index is 4.61. The van der Waals surface area contributed by atoms with Crippen LogP contribution in [-0.4, -0.2) is 29.9 Å². The van der Waals surface area contributed by atoms with Gasteiger partial charge >= 0.3 is 0 Å². The summed E-state index contributed by atoms with van der Waals surface area (Å²) in [6.45, 7) is 6.71. The normalized spacial score (nSPS) is 23.8. The minimum atomic E-state index is 0.0715. The van der Waals surface area contributed by atoms with Gasteiger partial charge in [-0.25, -0.2) is 0 Å². The standard InChI is InChI=1S/C23H28N2/c1-18-24-15-16-25(18)22-14-13-21(17-22)23(2,19-9-5-3-6-10-19)20-11-7-4-8-12-20/h3-12,21-22H,13-17H2,1-2H3. The van der Waals surface area contributed by atoms with Crippen molar-refractivity contribution in [2.24, 2.45) is 10.9 Å². The molecule has 2 nitrogen and oxygen atoms in total. The molecule has 2 aromatic carbocycles. The highest BCUT2D eigenvalue weighted by molar-refractivity contribution is 5.81. The fourth-order valence-electron chi connectivity index (χ4n) is 4.99. The van der Waals surface area contributed by atoms with E-state index in [4.69, 9.17) is 0 Å². The molecule has 0 amide bonds. The highest BCUT2D eigenvalue weighted by atomic mass is 15.3. The molecule has 0 radical (unpaired) electrons. The Morgan fingerprint density at radius 3 is 2.04 bits per heavy atom. The maximum absolute atomic E-state index is 4.61. The Kier molecular flexibility index (Phi) is 4.37. The Balaban J connectivity index is 1.67. The van der Waals surface area contributed by atoms with Crippen molar-refractivity contribution in [3.63, 3.8) is 0 Å². The smallest absolute Gasteiger partial charge is 0.0961 e. The van der Waals surface area contributed by atoms with Crippen molar-refractivity contribution in [1.29, 1.82) is 0 Å². The van der Waals surface area contributed by atoms with Crippen LogP contribution in [0, 0.1) is 5.92 Å². The summed E-state index contributed by atoms with van der Waals surface area (Å²) in [7, 11) is 0. The van der Waals surface area contributed by atoms with Gasteiger partial charge in [-0.3, -0.25) is 4.99 Å². The molecule has 2 atom stereocenters. The van der Waals surface area contributed by atoms with Gasteiger partial charge in [0.25, 0.3) is 0 Å². The molecule has 2 aromatic rings. The van der Waals surface area contributed by atoms with E-state index in [9.17, 15) is 0 Å². The zero-order chi connectivity index (χ0) is 17.3. The van der Waals surface area contributed by atoms with Crippen LogP contribution in [0.5, 0.6) is 0 Å². The van der Waals surface area contributed by atoms with Gasteiger partial charge in [-0.05, 0) is 43.2 Å². The molecule has 130 valence electrons. The lowest BCUT2D eigenvalue weighted by Gasteiger charge is -2.38. The quantitative estimate of drug-likeness (QED) is 0.778. The second kappa shape index (κ2) is 6.67. The predicted octanol–water partition coefficient (Wildman–Crippen LogP) is 4.90. The van der Waals surface area contributed by atoms with Gasteiger partial charge in [0.15, 0.2) is 0 Å². The SMILES string of the molecule is CC1=NCCN1C1CCC(C(C)(c2ccccc2)c2ccccc2)C1. The third-order valence-corrected chi connectivity index (χ3v) is 6.51. The molecule has 0 spiro atoms. The molecule has 0 bridgehead atoms. The van der Waals surface area contributed by atoms with E-state index >= 15 is 0 Å². The van der Waals surface area contributed by atoms with Crippen LogP contribution in [0.4, 0.5) is 0 Å². The summed E-state index contributed by atoms with van der Waals surface area (Å²) in [5, 5.41) is 0. The molecule has 1 aliphatic heterocycles. The summed E-state index contributed by atoms with van der Waals surface area (Å²) in [4.78, 5) is 7.16. The number of benzene rings is 2. The van der Waals surface area contributed by atoms with E-state index < -0.39 is 0 Å². The van der Waals surface area contributed by atoms with Crippen LogP contribution in [0.15, 0.2) is 65.7 Å². The summed E-state index contributed by atoms with van der Waals surface area (Å²) in [5.41, 5.74) is 2.96. The van der Waals surface area contributed by atoms with Gasteiger partial charge in [0.1, 0.15) is 0 Å². The molecule has 1 fully saturated rings. The summed E-state index contributed by atoms with van der Waals surface area (Å²) in [6.07, 6.45) is 3.83. The molecule has 4 rings (SSSR count). The maximum Gasteiger partial charge on any atom is 0.0961 e. The van der Waals surface area contributed by atoms with Gasteiger partial charge in [-0.1, -0.05) is 67.6 Å². The van der Waals surface area contributed by atoms with Gasteiger partial charge < -0.3 is 4.90 Å². The lowest BCUT2D eigenvalue weighted by Crippen LogP contribution is -2.37. The topological polar surface area (TPSA) is 15.6 Å². The molecular weight excluding hydrogens is 304 g/mol. The van der Waals surface area contributed by atoms with Gasteiger partial charge in [-0.15, -0.1) is 0 Å². The summed E-state index contributed by atoms with van der Waals surface area (Å²) in [5.74, 6) is 1.91. The molecule has 1 heterocycles.